The fourth-order valence-corrected chi connectivity index (χ4v) is 10.3. The molecule has 256 valence electrons. The molecule has 0 radical (unpaired) electrons. The van der Waals surface area contributed by atoms with Gasteiger partial charge in [0.1, 0.15) is 0 Å². The Bertz CT molecular complexity index is 2000. The van der Waals surface area contributed by atoms with Crippen LogP contribution in [0.3, 0.4) is 0 Å². The quantitative estimate of drug-likeness (QED) is 0.164. The van der Waals surface area contributed by atoms with Crippen LogP contribution in [0.2, 0.25) is 0 Å². The van der Waals surface area contributed by atoms with Gasteiger partial charge in [-0.2, -0.15) is 0 Å². The predicted octanol–water partition coefficient (Wildman–Crippen LogP) is 13.5. The van der Waals surface area contributed by atoms with Crippen LogP contribution in [0, 0.1) is 5.92 Å². The number of nitrogens with zero attached hydrogens (tertiary/aromatic N) is 1. The standard InChI is InChI=1S/C50H51N/c1-49(34-32-40(33-35-49)38-18-8-3-9-19-38)51(43-28-26-39(27-29-43)37-16-6-2-7-17-37)44-30-31-46-45-24-14-15-25-47(45)50(48(46)36-44,41-20-10-4-11-21-41)42-22-12-5-13-23-42/h4-5,10-15,20-34,36-38H,2-3,6-9,16-19,35H2,1H3. The molecule has 1 atom stereocenters. The van der Waals surface area contributed by atoms with Gasteiger partial charge >= 0.3 is 0 Å². The summed E-state index contributed by atoms with van der Waals surface area (Å²) < 4.78 is 0. The highest BCUT2D eigenvalue weighted by Crippen LogP contribution is 2.57. The van der Waals surface area contributed by atoms with Crippen LogP contribution in [0.4, 0.5) is 11.4 Å². The van der Waals surface area contributed by atoms with Gasteiger partial charge in [0.15, 0.2) is 0 Å². The van der Waals surface area contributed by atoms with Crippen LogP contribution in [0.5, 0.6) is 0 Å². The van der Waals surface area contributed by atoms with E-state index in [-0.39, 0.29) is 5.54 Å². The highest BCUT2D eigenvalue weighted by molar-refractivity contribution is 5.88. The molecule has 9 rings (SSSR count). The highest BCUT2D eigenvalue weighted by Gasteiger charge is 2.46. The Morgan fingerprint density at radius 1 is 0.529 bits per heavy atom. The first kappa shape index (κ1) is 32.3. The first-order valence-corrected chi connectivity index (χ1v) is 19.8. The maximum atomic E-state index is 2.66. The summed E-state index contributed by atoms with van der Waals surface area (Å²) in [5.41, 5.74) is 13.0. The Labute approximate surface area is 305 Å². The molecule has 0 heterocycles. The summed E-state index contributed by atoms with van der Waals surface area (Å²) in [5.74, 6) is 1.42. The SMILES string of the molecule is CC1(N(c2ccc(C3CCCCC3)cc2)c2ccc3c(c2)C(c2ccccc2)(c2ccccc2)c2ccccc2-3)C=CC(C2CCCCC2)=CC1. The largest absolute Gasteiger partial charge is 0.332 e. The molecule has 2 saturated carbocycles. The van der Waals surface area contributed by atoms with Crippen molar-refractivity contribution < 1.29 is 0 Å². The molecule has 1 nitrogen and oxygen atoms in total. The van der Waals surface area contributed by atoms with Crippen molar-refractivity contribution in [1.29, 1.82) is 0 Å². The van der Waals surface area contributed by atoms with Crippen LogP contribution in [-0.4, -0.2) is 5.54 Å². The molecule has 5 aromatic carbocycles. The van der Waals surface area contributed by atoms with E-state index in [0.717, 1.165) is 12.3 Å². The molecule has 0 aliphatic heterocycles. The second-order valence-corrected chi connectivity index (χ2v) is 16.0. The summed E-state index contributed by atoms with van der Waals surface area (Å²) >= 11 is 0. The van der Waals surface area contributed by atoms with Gasteiger partial charge in [-0.3, -0.25) is 0 Å². The van der Waals surface area contributed by atoms with Gasteiger partial charge in [0.25, 0.3) is 0 Å². The third-order valence-electron chi connectivity index (χ3n) is 12.9. The van der Waals surface area contributed by atoms with E-state index in [9.17, 15) is 0 Å². The smallest absolute Gasteiger partial charge is 0.0714 e. The van der Waals surface area contributed by atoms with Gasteiger partial charge < -0.3 is 4.90 Å². The van der Waals surface area contributed by atoms with Gasteiger partial charge in [0, 0.05) is 11.4 Å². The van der Waals surface area contributed by atoms with Crippen LogP contribution in [0.1, 0.15) is 111 Å². The van der Waals surface area contributed by atoms with E-state index in [1.54, 1.807) is 5.57 Å². The maximum Gasteiger partial charge on any atom is 0.0714 e. The maximum absolute atomic E-state index is 2.66. The van der Waals surface area contributed by atoms with Crippen molar-refractivity contribution in [3.05, 3.63) is 179 Å². The van der Waals surface area contributed by atoms with Gasteiger partial charge in [-0.15, -0.1) is 0 Å². The Hall–Kier alpha value is -4.62. The van der Waals surface area contributed by atoms with Crippen LogP contribution in [0.25, 0.3) is 11.1 Å². The topological polar surface area (TPSA) is 3.24 Å². The summed E-state index contributed by atoms with van der Waals surface area (Å²) in [7, 11) is 0. The van der Waals surface area contributed by atoms with Crippen LogP contribution in [-0.2, 0) is 5.41 Å². The van der Waals surface area contributed by atoms with Crippen molar-refractivity contribution in [2.75, 3.05) is 4.90 Å². The molecule has 0 N–H and O–H groups in total. The molecule has 0 bridgehead atoms. The first-order valence-electron chi connectivity index (χ1n) is 19.8. The summed E-state index contributed by atoms with van der Waals surface area (Å²) in [6.07, 6.45) is 22.2. The summed E-state index contributed by atoms with van der Waals surface area (Å²) in [6, 6.07) is 48.6. The van der Waals surface area contributed by atoms with Crippen LogP contribution in [0.15, 0.2) is 151 Å². The molecule has 5 aromatic rings. The molecule has 0 amide bonds. The summed E-state index contributed by atoms with van der Waals surface area (Å²) in [5, 5.41) is 0. The lowest BCUT2D eigenvalue weighted by Crippen LogP contribution is -2.43. The molecule has 4 aliphatic rings. The number of anilines is 2. The summed E-state index contributed by atoms with van der Waals surface area (Å²) in [4.78, 5) is 2.66. The van der Waals surface area contributed by atoms with E-state index in [1.807, 2.05) is 0 Å². The Balaban J connectivity index is 1.21. The van der Waals surface area contributed by atoms with Gasteiger partial charge in [0.2, 0.25) is 0 Å². The number of fused-ring (bicyclic) bond motifs is 3. The van der Waals surface area contributed by atoms with E-state index < -0.39 is 5.41 Å². The van der Waals surface area contributed by atoms with Crippen molar-refractivity contribution >= 4 is 11.4 Å². The number of hydrogen-bond acceptors (Lipinski definition) is 1. The van der Waals surface area contributed by atoms with Gasteiger partial charge in [0.05, 0.1) is 11.0 Å². The van der Waals surface area contributed by atoms with E-state index in [1.165, 1.54) is 115 Å². The van der Waals surface area contributed by atoms with Crippen molar-refractivity contribution in [3.63, 3.8) is 0 Å². The lowest BCUT2D eigenvalue weighted by Gasteiger charge is -2.43. The molecule has 2 fully saturated rings. The third kappa shape index (κ3) is 5.61. The number of allylic oxidation sites excluding steroid dienone is 2. The number of benzene rings is 5. The van der Waals surface area contributed by atoms with Crippen molar-refractivity contribution in [1.82, 2.24) is 0 Å². The molecular formula is C50H51N. The van der Waals surface area contributed by atoms with Gasteiger partial charge in [-0.1, -0.05) is 160 Å². The monoisotopic (exact) mass is 665 g/mol. The Morgan fingerprint density at radius 2 is 1.10 bits per heavy atom. The number of rotatable bonds is 7. The van der Waals surface area contributed by atoms with Crippen LogP contribution >= 0.6 is 0 Å². The van der Waals surface area contributed by atoms with E-state index in [0.29, 0.717) is 5.92 Å². The molecule has 1 unspecified atom stereocenters. The zero-order valence-electron chi connectivity index (χ0n) is 30.2. The van der Waals surface area contributed by atoms with Crippen molar-refractivity contribution in [2.24, 2.45) is 5.92 Å². The average molecular weight is 666 g/mol. The lowest BCUT2D eigenvalue weighted by molar-refractivity contribution is 0.404. The minimum absolute atomic E-state index is 0.202. The van der Waals surface area contributed by atoms with E-state index >= 15 is 0 Å². The fourth-order valence-electron chi connectivity index (χ4n) is 10.3. The predicted molar refractivity (Wildman–Crippen MR) is 215 cm³/mol. The van der Waals surface area contributed by atoms with Crippen molar-refractivity contribution in [3.8, 4) is 11.1 Å². The van der Waals surface area contributed by atoms with Gasteiger partial charge in [-0.25, -0.2) is 0 Å². The number of hydrogen-bond donors (Lipinski definition) is 0. The van der Waals surface area contributed by atoms with Crippen molar-refractivity contribution in [2.45, 2.75) is 94.4 Å². The van der Waals surface area contributed by atoms with E-state index in [2.05, 4.69) is 157 Å². The molecule has 1 heteroatoms. The van der Waals surface area contributed by atoms with E-state index in [4.69, 9.17) is 0 Å². The normalized spacial score (nSPS) is 21.5. The second-order valence-electron chi connectivity index (χ2n) is 16.0. The minimum atomic E-state index is -0.418. The average Bonchev–Trinajstić information content (AvgIpc) is 3.50. The molecule has 0 saturated heterocycles. The first-order chi connectivity index (χ1) is 25.1. The fraction of sp³-hybridized carbons (Fsp3) is 0.320. The zero-order chi connectivity index (χ0) is 34.3. The molecule has 0 spiro atoms. The Morgan fingerprint density at radius 3 is 1.73 bits per heavy atom. The molecule has 51 heavy (non-hydrogen) atoms. The second kappa shape index (κ2) is 13.5. The third-order valence-corrected chi connectivity index (χ3v) is 12.9. The lowest BCUT2D eigenvalue weighted by atomic mass is 9.67. The molecule has 4 aliphatic carbocycles. The van der Waals surface area contributed by atoms with Crippen LogP contribution < -0.4 is 4.90 Å². The minimum Gasteiger partial charge on any atom is -0.332 e. The molecular weight excluding hydrogens is 615 g/mol. The highest BCUT2D eigenvalue weighted by atomic mass is 15.2. The molecule has 0 aromatic heterocycles. The zero-order valence-corrected chi connectivity index (χ0v) is 30.2. The Kier molecular flexibility index (Phi) is 8.55. The summed E-state index contributed by atoms with van der Waals surface area (Å²) in [6.45, 7) is 2.45. The van der Waals surface area contributed by atoms with Gasteiger partial charge in [-0.05, 0) is 120 Å².